The minimum atomic E-state index is 0.445. The van der Waals surface area contributed by atoms with E-state index in [2.05, 4.69) is 36.0 Å². The lowest BCUT2D eigenvalue weighted by Gasteiger charge is -2.27. The minimum Gasteiger partial charge on any atom is -0.354 e. The van der Waals surface area contributed by atoms with Gasteiger partial charge in [-0.2, -0.15) is 0 Å². The van der Waals surface area contributed by atoms with Gasteiger partial charge in [0, 0.05) is 12.6 Å². The van der Waals surface area contributed by atoms with Gasteiger partial charge in [-0.3, -0.25) is 4.99 Å². The van der Waals surface area contributed by atoms with E-state index in [1.807, 2.05) is 18.2 Å². The number of benzene rings is 1. The van der Waals surface area contributed by atoms with Gasteiger partial charge >= 0.3 is 0 Å². The van der Waals surface area contributed by atoms with Crippen LogP contribution in [0.3, 0.4) is 0 Å². The van der Waals surface area contributed by atoms with Crippen molar-refractivity contribution in [1.29, 1.82) is 0 Å². The van der Waals surface area contributed by atoms with E-state index in [-0.39, 0.29) is 0 Å². The molecule has 1 aromatic carbocycles. The standard InChI is InChI=1S/C13H19N3/c1-10(8-14)12-9-15-13(16(12)2)11-6-4-3-5-7-11/h3-7,10,12H,8-9,14H2,1-2H3. The Hall–Kier alpha value is -1.35. The third kappa shape index (κ3) is 1.95. The number of likely N-dealkylation sites (N-methyl/N-ethyl adjacent to an activating group) is 1. The lowest BCUT2D eigenvalue weighted by Crippen LogP contribution is -2.40. The van der Waals surface area contributed by atoms with Crippen LogP contribution in [0.4, 0.5) is 0 Å². The molecule has 1 aromatic rings. The van der Waals surface area contributed by atoms with Gasteiger partial charge in [0.15, 0.2) is 0 Å². The first-order valence-corrected chi connectivity index (χ1v) is 5.76. The first kappa shape index (κ1) is 11.1. The van der Waals surface area contributed by atoms with Crippen molar-refractivity contribution in [2.24, 2.45) is 16.6 Å². The molecule has 1 heterocycles. The van der Waals surface area contributed by atoms with Crippen LogP contribution < -0.4 is 5.73 Å². The van der Waals surface area contributed by atoms with Gasteiger partial charge in [0.1, 0.15) is 5.84 Å². The maximum Gasteiger partial charge on any atom is 0.131 e. The Morgan fingerprint density at radius 3 is 2.75 bits per heavy atom. The second-order valence-corrected chi connectivity index (χ2v) is 4.42. The fourth-order valence-corrected chi connectivity index (χ4v) is 2.17. The number of hydrogen-bond donors (Lipinski definition) is 1. The monoisotopic (exact) mass is 217 g/mol. The lowest BCUT2D eigenvalue weighted by atomic mass is 10.0. The highest BCUT2D eigenvalue weighted by Crippen LogP contribution is 2.19. The number of aliphatic imine (C=N–C) groups is 1. The molecule has 0 fully saturated rings. The SMILES string of the molecule is CC(CN)C1CN=C(c2ccccc2)N1C. The molecule has 86 valence electrons. The van der Waals surface area contributed by atoms with Crippen LogP contribution in [0, 0.1) is 5.92 Å². The van der Waals surface area contributed by atoms with Gasteiger partial charge in [-0.25, -0.2) is 0 Å². The molecule has 1 aliphatic rings. The van der Waals surface area contributed by atoms with E-state index >= 15 is 0 Å². The maximum atomic E-state index is 5.72. The first-order chi connectivity index (χ1) is 7.74. The predicted octanol–water partition coefficient (Wildman–Crippen LogP) is 1.34. The van der Waals surface area contributed by atoms with Crippen LogP contribution in [0.1, 0.15) is 12.5 Å². The summed E-state index contributed by atoms with van der Waals surface area (Å²) in [5.41, 5.74) is 6.91. The number of nitrogens with two attached hydrogens (primary N) is 1. The Morgan fingerprint density at radius 1 is 1.44 bits per heavy atom. The van der Waals surface area contributed by atoms with Crippen LogP contribution in [0.2, 0.25) is 0 Å². The first-order valence-electron chi connectivity index (χ1n) is 5.76. The molecular formula is C13H19N3. The fourth-order valence-electron chi connectivity index (χ4n) is 2.17. The second kappa shape index (κ2) is 4.66. The molecule has 16 heavy (non-hydrogen) atoms. The summed E-state index contributed by atoms with van der Waals surface area (Å²) in [6.45, 7) is 3.76. The highest BCUT2D eigenvalue weighted by atomic mass is 15.3. The van der Waals surface area contributed by atoms with Gasteiger partial charge < -0.3 is 10.6 Å². The Bertz CT molecular complexity index is 372. The summed E-state index contributed by atoms with van der Waals surface area (Å²) in [6.07, 6.45) is 0. The molecule has 3 nitrogen and oxygen atoms in total. The van der Waals surface area contributed by atoms with Crippen LogP contribution >= 0.6 is 0 Å². The van der Waals surface area contributed by atoms with Crippen molar-refractivity contribution < 1.29 is 0 Å². The van der Waals surface area contributed by atoms with Crippen LogP contribution in [0.25, 0.3) is 0 Å². The molecule has 0 spiro atoms. The van der Waals surface area contributed by atoms with E-state index in [4.69, 9.17) is 5.73 Å². The van der Waals surface area contributed by atoms with Crippen LogP contribution in [-0.2, 0) is 0 Å². The van der Waals surface area contributed by atoms with Crippen molar-refractivity contribution in [3.63, 3.8) is 0 Å². The van der Waals surface area contributed by atoms with E-state index < -0.39 is 0 Å². The topological polar surface area (TPSA) is 41.6 Å². The third-order valence-corrected chi connectivity index (χ3v) is 3.32. The lowest BCUT2D eigenvalue weighted by molar-refractivity contribution is 0.307. The summed E-state index contributed by atoms with van der Waals surface area (Å²) in [4.78, 5) is 6.88. The number of amidine groups is 1. The third-order valence-electron chi connectivity index (χ3n) is 3.32. The quantitative estimate of drug-likeness (QED) is 0.830. The Labute approximate surface area is 97.0 Å². The molecule has 0 aromatic heterocycles. The molecule has 2 unspecified atom stereocenters. The van der Waals surface area contributed by atoms with E-state index in [1.54, 1.807) is 0 Å². The van der Waals surface area contributed by atoms with Gasteiger partial charge in [-0.05, 0) is 12.5 Å². The molecule has 0 saturated carbocycles. The van der Waals surface area contributed by atoms with E-state index in [1.165, 1.54) is 5.56 Å². The Balaban J connectivity index is 2.16. The highest BCUT2D eigenvalue weighted by Gasteiger charge is 2.28. The molecule has 0 radical (unpaired) electrons. The molecule has 0 aliphatic carbocycles. The zero-order chi connectivity index (χ0) is 11.5. The number of rotatable bonds is 3. The van der Waals surface area contributed by atoms with Gasteiger partial charge in [0.05, 0.1) is 12.6 Å². The Kier molecular flexibility index (Phi) is 3.25. The summed E-state index contributed by atoms with van der Waals surface area (Å²) in [5, 5.41) is 0. The van der Waals surface area contributed by atoms with Crippen molar-refractivity contribution in [2.45, 2.75) is 13.0 Å². The summed E-state index contributed by atoms with van der Waals surface area (Å²) < 4.78 is 0. The van der Waals surface area contributed by atoms with Gasteiger partial charge in [0.25, 0.3) is 0 Å². The smallest absolute Gasteiger partial charge is 0.131 e. The van der Waals surface area contributed by atoms with Crippen molar-refractivity contribution in [3.05, 3.63) is 35.9 Å². The van der Waals surface area contributed by atoms with Gasteiger partial charge in [-0.1, -0.05) is 37.3 Å². The van der Waals surface area contributed by atoms with E-state index in [0.717, 1.165) is 12.4 Å². The molecule has 2 N–H and O–H groups in total. The molecular weight excluding hydrogens is 198 g/mol. The van der Waals surface area contributed by atoms with Crippen LogP contribution in [0.5, 0.6) is 0 Å². The van der Waals surface area contributed by atoms with Gasteiger partial charge in [-0.15, -0.1) is 0 Å². The summed E-state index contributed by atoms with van der Waals surface area (Å²) in [5.74, 6) is 1.57. The second-order valence-electron chi connectivity index (χ2n) is 4.42. The zero-order valence-electron chi connectivity index (χ0n) is 9.93. The molecule has 2 atom stereocenters. The van der Waals surface area contributed by atoms with Crippen LogP contribution in [-0.4, -0.2) is 36.9 Å². The summed E-state index contributed by atoms with van der Waals surface area (Å²) >= 11 is 0. The Morgan fingerprint density at radius 2 is 2.12 bits per heavy atom. The fraction of sp³-hybridized carbons (Fsp3) is 0.462. The minimum absolute atomic E-state index is 0.445. The van der Waals surface area contributed by atoms with Crippen molar-refractivity contribution in [1.82, 2.24) is 4.90 Å². The predicted molar refractivity (Wildman–Crippen MR) is 67.6 cm³/mol. The molecule has 1 aliphatic heterocycles. The molecule has 0 amide bonds. The number of hydrogen-bond acceptors (Lipinski definition) is 3. The van der Waals surface area contributed by atoms with Crippen molar-refractivity contribution >= 4 is 5.84 Å². The average molecular weight is 217 g/mol. The normalized spacial score (nSPS) is 22.1. The van der Waals surface area contributed by atoms with E-state index in [0.29, 0.717) is 18.5 Å². The van der Waals surface area contributed by atoms with Crippen molar-refractivity contribution in [3.8, 4) is 0 Å². The molecule has 0 bridgehead atoms. The number of nitrogens with zero attached hydrogens (tertiary/aromatic N) is 2. The highest BCUT2D eigenvalue weighted by molar-refractivity contribution is 5.99. The molecule has 0 saturated heterocycles. The molecule has 2 rings (SSSR count). The zero-order valence-corrected chi connectivity index (χ0v) is 9.93. The van der Waals surface area contributed by atoms with Gasteiger partial charge in [0.2, 0.25) is 0 Å². The van der Waals surface area contributed by atoms with Crippen LogP contribution in [0.15, 0.2) is 35.3 Å². The largest absolute Gasteiger partial charge is 0.354 e. The van der Waals surface area contributed by atoms with E-state index in [9.17, 15) is 0 Å². The maximum absolute atomic E-state index is 5.72. The summed E-state index contributed by atoms with van der Waals surface area (Å²) in [6, 6.07) is 10.8. The van der Waals surface area contributed by atoms with Crippen molar-refractivity contribution in [2.75, 3.05) is 20.1 Å². The average Bonchev–Trinajstić information content (AvgIpc) is 2.71. The summed E-state index contributed by atoms with van der Waals surface area (Å²) in [7, 11) is 2.11. The molecule has 3 heteroatoms.